The molecule has 0 bridgehead atoms. The summed E-state index contributed by atoms with van der Waals surface area (Å²) in [5.41, 5.74) is 7.44. The highest BCUT2D eigenvalue weighted by Gasteiger charge is 2.12. The summed E-state index contributed by atoms with van der Waals surface area (Å²) in [6, 6.07) is 13.7. The van der Waals surface area contributed by atoms with Crippen LogP contribution in [0.15, 0.2) is 61.2 Å². The Balaban J connectivity index is 1.83. The fourth-order valence-corrected chi connectivity index (χ4v) is 2.32. The molecule has 3 aromatic rings. The fraction of sp³-hybridized carbons (Fsp3) is 0.0588. The van der Waals surface area contributed by atoms with E-state index in [0.717, 1.165) is 5.56 Å². The smallest absolute Gasteiger partial charge is 0.256 e. The van der Waals surface area contributed by atoms with Gasteiger partial charge >= 0.3 is 0 Å². The third-order valence-electron chi connectivity index (χ3n) is 3.47. The van der Waals surface area contributed by atoms with Crippen LogP contribution < -0.4 is 11.1 Å². The van der Waals surface area contributed by atoms with E-state index in [4.69, 9.17) is 5.73 Å². The number of aromatic nitrogens is 3. The molecule has 0 atom stereocenters. The lowest BCUT2D eigenvalue weighted by atomic mass is 10.1. The summed E-state index contributed by atoms with van der Waals surface area (Å²) in [4.78, 5) is 27.7. The molecule has 7 heteroatoms. The van der Waals surface area contributed by atoms with E-state index >= 15 is 0 Å². The Kier molecular flexibility index (Phi) is 4.33. The first kappa shape index (κ1) is 15.4. The molecule has 0 unspecified atom stereocenters. The van der Waals surface area contributed by atoms with Gasteiger partial charge in [-0.25, -0.2) is 9.67 Å². The summed E-state index contributed by atoms with van der Waals surface area (Å²) in [7, 11) is 0. The van der Waals surface area contributed by atoms with Crippen LogP contribution in [0.1, 0.15) is 26.3 Å². The number of carbonyl (C=O) groups excluding carboxylic acids is 2. The number of anilines is 1. The van der Waals surface area contributed by atoms with Gasteiger partial charge in [0.2, 0.25) is 5.91 Å². The van der Waals surface area contributed by atoms with Gasteiger partial charge in [-0.1, -0.05) is 24.3 Å². The van der Waals surface area contributed by atoms with Crippen LogP contribution in [0.2, 0.25) is 0 Å². The van der Waals surface area contributed by atoms with E-state index in [2.05, 4.69) is 15.4 Å². The van der Waals surface area contributed by atoms with E-state index in [1.807, 2.05) is 12.1 Å². The Morgan fingerprint density at radius 3 is 2.71 bits per heavy atom. The van der Waals surface area contributed by atoms with Crippen LogP contribution in [-0.2, 0) is 6.54 Å². The lowest BCUT2D eigenvalue weighted by Crippen LogP contribution is -2.16. The number of benzene rings is 2. The minimum absolute atomic E-state index is 0.271. The number of nitrogens with zero attached hydrogens (tertiary/aromatic N) is 3. The van der Waals surface area contributed by atoms with Gasteiger partial charge in [0.15, 0.2) is 0 Å². The van der Waals surface area contributed by atoms with Gasteiger partial charge < -0.3 is 11.1 Å². The van der Waals surface area contributed by atoms with Gasteiger partial charge in [0, 0.05) is 16.8 Å². The molecular formula is C17H15N5O2. The number of amides is 2. The molecule has 0 spiro atoms. The van der Waals surface area contributed by atoms with Crippen molar-refractivity contribution in [1.29, 1.82) is 0 Å². The molecule has 0 saturated heterocycles. The van der Waals surface area contributed by atoms with Crippen LogP contribution >= 0.6 is 0 Å². The average molecular weight is 321 g/mol. The Morgan fingerprint density at radius 2 is 1.96 bits per heavy atom. The second-order valence-electron chi connectivity index (χ2n) is 5.15. The van der Waals surface area contributed by atoms with Crippen molar-refractivity contribution in [3.8, 4) is 0 Å². The van der Waals surface area contributed by atoms with Gasteiger partial charge in [0.1, 0.15) is 12.7 Å². The summed E-state index contributed by atoms with van der Waals surface area (Å²) >= 11 is 0. The number of nitrogens with one attached hydrogen (secondary N) is 1. The van der Waals surface area contributed by atoms with Crippen molar-refractivity contribution < 1.29 is 9.59 Å². The number of carbonyl (C=O) groups is 2. The normalized spacial score (nSPS) is 10.3. The van der Waals surface area contributed by atoms with Gasteiger partial charge in [0.25, 0.3) is 5.91 Å². The highest BCUT2D eigenvalue weighted by atomic mass is 16.2. The molecule has 0 saturated carbocycles. The zero-order chi connectivity index (χ0) is 16.9. The predicted octanol–water partition coefficient (Wildman–Crippen LogP) is 1.68. The Hall–Kier alpha value is -3.48. The topological polar surface area (TPSA) is 103 Å². The Morgan fingerprint density at radius 1 is 1.12 bits per heavy atom. The van der Waals surface area contributed by atoms with Gasteiger partial charge in [0.05, 0.1) is 6.54 Å². The average Bonchev–Trinajstić information content (AvgIpc) is 3.08. The fourth-order valence-electron chi connectivity index (χ4n) is 2.32. The number of primary amides is 1. The number of hydrogen-bond acceptors (Lipinski definition) is 4. The maximum Gasteiger partial charge on any atom is 0.256 e. The second kappa shape index (κ2) is 6.74. The summed E-state index contributed by atoms with van der Waals surface area (Å²) in [5.74, 6) is -0.815. The maximum atomic E-state index is 12.6. The third kappa shape index (κ3) is 3.46. The SMILES string of the molecule is NC(=O)c1cccc(NC(=O)c2ccccc2Cn2cncn2)c1. The summed E-state index contributed by atoms with van der Waals surface area (Å²) in [6.45, 7) is 0.435. The minimum atomic E-state index is -0.544. The van der Waals surface area contributed by atoms with Crippen molar-refractivity contribution in [2.75, 3.05) is 5.32 Å². The second-order valence-corrected chi connectivity index (χ2v) is 5.15. The highest BCUT2D eigenvalue weighted by Crippen LogP contribution is 2.15. The van der Waals surface area contributed by atoms with E-state index in [0.29, 0.717) is 23.4 Å². The predicted molar refractivity (Wildman–Crippen MR) is 88.5 cm³/mol. The van der Waals surface area contributed by atoms with Crippen molar-refractivity contribution in [3.05, 3.63) is 77.9 Å². The molecule has 0 aliphatic heterocycles. The van der Waals surface area contributed by atoms with E-state index in [9.17, 15) is 9.59 Å². The van der Waals surface area contributed by atoms with Crippen LogP contribution in [-0.4, -0.2) is 26.6 Å². The van der Waals surface area contributed by atoms with E-state index < -0.39 is 5.91 Å². The molecule has 7 nitrogen and oxygen atoms in total. The number of rotatable bonds is 5. The molecule has 1 heterocycles. The number of hydrogen-bond donors (Lipinski definition) is 2. The molecule has 120 valence electrons. The summed E-state index contributed by atoms with van der Waals surface area (Å²) < 4.78 is 1.64. The zero-order valence-electron chi connectivity index (χ0n) is 12.7. The standard InChI is InChI=1S/C17H15N5O2/c18-16(23)12-5-3-6-14(8-12)21-17(24)15-7-2-1-4-13(15)9-22-11-19-10-20-22/h1-8,10-11H,9H2,(H2,18,23)(H,21,24). The van der Waals surface area contributed by atoms with E-state index in [1.165, 1.54) is 6.33 Å². The molecule has 0 fully saturated rings. The van der Waals surface area contributed by atoms with Crippen LogP contribution in [0.4, 0.5) is 5.69 Å². The van der Waals surface area contributed by atoms with Crippen LogP contribution in [0.3, 0.4) is 0 Å². The molecule has 2 aromatic carbocycles. The molecule has 0 aliphatic carbocycles. The van der Waals surface area contributed by atoms with Gasteiger partial charge in [-0.15, -0.1) is 0 Å². The third-order valence-corrected chi connectivity index (χ3v) is 3.47. The van der Waals surface area contributed by atoms with Gasteiger partial charge in [-0.3, -0.25) is 9.59 Å². The first-order valence-electron chi connectivity index (χ1n) is 7.25. The van der Waals surface area contributed by atoms with Crippen molar-refractivity contribution >= 4 is 17.5 Å². The monoisotopic (exact) mass is 321 g/mol. The van der Waals surface area contributed by atoms with Crippen molar-refractivity contribution in [2.24, 2.45) is 5.73 Å². The Bertz CT molecular complexity index is 874. The van der Waals surface area contributed by atoms with E-state index in [1.54, 1.807) is 47.4 Å². The van der Waals surface area contributed by atoms with Crippen LogP contribution in [0.25, 0.3) is 0 Å². The van der Waals surface area contributed by atoms with Crippen LogP contribution in [0.5, 0.6) is 0 Å². The van der Waals surface area contributed by atoms with Crippen molar-refractivity contribution in [3.63, 3.8) is 0 Å². The highest BCUT2D eigenvalue weighted by molar-refractivity contribution is 6.06. The molecule has 3 rings (SSSR count). The molecule has 2 amide bonds. The number of nitrogens with two attached hydrogens (primary N) is 1. The summed E-state index contributed by atoms with van der Waals surface area (Å²) in [5, 5.41) is 6.83. The molecule has 3 N–H and O–H groups in total. The maximum absolute atomic E-state index is 12.6. The lowest BCUT2D eigenvalue weighted by molar-refractivity contribution is 0.0996. The quantitative estimate of drug-likeness (QED) is 0.746. The summed E-state index contributed by atoms with van der Waals surface area (Å²) in [6.07, 6.45) is 3.03. The minimum Gasteiger partial charge on any atom is -0.366 e. The van der Waals surface area contributed by atoms with Gasteiger partial charge in [-0.2, -0.15) is 5.10 Å². The molecule has 1 aromatic heterocycles. The van der Waals surface area contributed by atoms with Crippen molar-refractivity contribution in [1.82, 2.24) is 14.8 Å². The first-order valence-corrected chi connectivity index (χ1v) is 7.25. The zero-order valence-corrected chi connectivity index (χ0v) is 12.7. The van der Waals surface area contributed by atoms with E-state index in [-0.39, 0.29) is 5.91 Å². The largest absolute Gasteiger partial charge is 0.366 e. The first-order chi connectivity index (χ1) is 11.6. The molecular weight excluding hydrogens is 306 g/mol. The molecule has 0 radical (unpaired) electrons. The van der Waals surface area contributed by atoms with Crippen molar-refractivity contribution in [2.45, 2.75) is 6.54 Å². The van der Waals surface area contributed by atoms with Gasteiger partial charge in [-0.05, 0) is 29.8 Å². The van der Waals surface area contributed by atoms with Crippen LogP contribution in [0, 0.1) is 0 Å². The lowest BCUT2D eigenvalue weighted by Gasteiger charge is -2.10. The Labute approximate surface area is 138 Å². The molecule has 0 aliphatic rings. The molecule has 24 heavy (non-hydrogen) atoms.